The normalized spacial score (nSPS) is 17.4. The summed E-state index contributed by atoms with van der Waals surface area (Å²) < 4.78 is 22.3. The third kappa shape index (κ3) is 5.31. The minimum absolute atomic E-state index is 0.123. The summed E-state index contributed by atoms with van der Waals surface area (Å²) in [6, 6.07) is 6.97. The number of guanidine groups is 1. The van der Waals surface area contributed by atoms with E-state index in [4.69, 9.17) is 10.9 Å². The molecule has 0 aliphatic heterocycles. The smallest absolute Gasteiger partial charge is 0.238 e. The van der Waals surface area contributed by atoms with Gasteiger partial charge in [0, 0.05) is 12.6 Å². The second-order valence-electron chi connectivity index (χ2n) is 5.69. The van der Waals surface area contributed by atoms with Gasteiger partial charge in [0.05, 0.1) is 4.90 Å². The molecule has 1 fully saturated rings. The molecule has 0 bridgehead atoms. The number of nitrogens with two attached hydrogens (primary N) is 2. The Morgan fingerprint density at radius 2 is 1.82 bits per heavy atom. The van der Waals surface area contributed by atoms with Crippen molar-refractivity contribution < 1.29 is 8.42 Å². The molecule has 0 spiro atoms. The maximum Gasteiger partial charge on any atom is 0.238 e. The van der Waals surface area contributed by atoms with E-state index in [2.05, 4.69) is 10.3 Å². The van der Waals surface area contributed by atoms with Gasteiger partial charge in [-0.05, 0) is 37.0 Å². The number of aliphatic imine (C=N–C) groups is 1. The minimum Gasteiger partial charge on any atom is -0.370 e. The van der Waals surface area contributed by atoms with Crippen molar-refractivity contribution in [2.75, 3.05) is 6.54 Å². The molecule has 22 heavy (non-hydrogen) atoms. The maximum atomic E-state index is 11.2. The highest BCUT2D eigenvalue weighted by Crippen LogP contribution is 2.17. The monoisotopic (exact) mass is 324 g/mol. The van der Waals surface area contributed by atoms with Crippen LogP contribution in [0, 0.1) is 0 Å². The van der Waals surface area contributed by atoms with Crippen LogP contribution in [0.4, 0.5) is 0 Å². The van der Waals surface area contributed by atoms with Gasteiger partial charge in [-0.25, -0.2) is 13.6 Å². The molecule has 0 amide bonds. The number of nitrogens with one attached hydrogen (secondary N) is 1. The van der Waals surface area contributed by atoms with Gasteiger partial charge in [-0.2, -0.15) is 0 Å². The lowest BCUT2D eigenvalue weighted by Gasteiger charge is -2.23. The van der Waals surface area contributed by atoms with Crippen LogP contribution in [0.25, 0.3) is 0 Å². The van der Waals surface area contributed by atoms with E-state index in [9.17, 15) is 8.42 Å². The van der Waals surface area contributed by atoms with Gasteiger partial charge in [-0.15, -0.1) is 0 Å². The summed E-state index contributed by atoms with van der Waals surface area (Å²) in [5, 5.41) is 8.33. The molecule has 0 unspecified atom stereocenters. The molecular formula is C15H24N4O2S. The van der Waals surface area contributed by atoms with Gasteiger partial charge in [0.1, 0.15) is 0 Å². The molecule has 1 aromatic rings. The zero-order valence-corrected chi connectivity index (χ0v) is 13.5. The summed E-state index contributed by atoms with van der Waals surface area (Å²) in [5.74, 6) is 0.494. The number of rotatable bonds is 5. The fraction of sp³-hybridized carbons (Fsp3) is 0.533. The standard InChI is InChI=1S/C15H24N4O2S/c16-15(19-13-4-2-1-3-5-13)18-11-10-12-6-8-14(9-7-12)22(17,20)21/h6-9,13H,1-5,10-11H2,(H3,16,18,19)(H2,17,20,21). The van der Waals surface area contributed by atoms with Crippen LogP contribution in [0.2, 0.25) is 0 Å². The Balaban J connectivity index is 1.80. The van der Waals surface area contributed by atoms with Crippen LogP contribution < -0.4 is 16.2 Å². The van der Waals surface area contributed by atoms with E-state index in [0.717, 1.165) is 18.4 Å². The zero-order chi connectivity index (χ0) is 16.0. The molecule has 1 aliphatic rings. The predicted octanol–water partition coefficient (Wildman–Crippen LogP) is 1.11. The number of benzene rings is 1. The fourth-order valence-electron chi connectivity index (χ4n) is 2.65. The molecule has 1 saturated carbocycles. The molecule has 0 atom stereocenters. The largest absolute Gasteiger partial charge is 0.370 e. The lowest BCUT2D eigenvalue weighted by molar-refractivity contribution is 0.412. The van der Waals surface area contributed by atoms with Crippen molar-refractivity contribution in [1.82, 2.24) is 5.32 Å². The molecule has 5 N–H and O–H groups in total. The van der Waals surface area contributed by atoms with E-state index in [1.165, 1.54) is 31.4 Å². The van der Waals surface area contributed by atoms with Crippen LogP contribution >= 0.6 is 0 Å². The van der Waals surface area contributed by atoms with E-state index in [1.807, 2.05) is 0 Å². The predicted molar refractivity (Wildman–Crippen MR) is 88.0 cm³/mol. The number of hydrogen-bond donors (Lipinski definition) is 3. The Morgan fingerprint density at radius 3 is 2.41 bits per heavy atom. The summed E-state index contributed by atoms with van der Waals surface area (Å²) in [6.07, 6.45) is 6.83. The van der Waals surface area contributed by atoms with Crippen molar-refractivity contribution in [3.8, 4) is 0 Å². The van der Waals surface area contributed by atoms with Crippen LogP contribution in [0.5, 0.6) is 0 Å². The van der Waals surface area contributed by atoms with Gasteiger partial charge in [0.15, 0.2) is 5.96 Å². The molecule has 1 aromatic carbocycles. The Morgan fingerprint density at radius 1 is 1.18 bits per heavy atom. The van der Waals surface area contributed by atoms with Crippen LogP contribution in [-0.4, -0.2) is 27.0 Å². The van der Waals surface area contributed by atoms with Crippen LogP contribution in [0.1, 0.15) is 37.7 Å². The molecule has 6 nitrogen and oxygen atoms in total. The van der Waals surface area contributed by atoms with Gasteiger partial charge in [0.25, 0.3) is 0 Å². The number of sulfonamides is 1. The molecule has 7 heteroatoms. The summed E-state index contributed by atoms with van der Waals surface area (Å²) in [6.45, 7) is 0.570. The average molecular weight is 324 g/mol. The first kappa shape index (κ1) is 16.8. The lowest BCUT2D eigenvalue weighted by Crippen LogP contribution is -2.41. The highest BCUT2D eigenvalue weighted by molar-refractivity contribution is 7.89. The van der Waals surface area contributed by atoms with Crippen LogP contribution in [0.3, 0.4) is 0 Å². The van der Waals surface area contributed by atoms with Crippen molar-refractivity contribution in [1.29, 1.82) is 0 Å². The van der Waals surface area contributed by atoms with Gasteiger partial charge >= 0.3 is 0 Å². The first-order valence-electron chi connectivity index (χ1n) is 7.63. The average Bonchev–Trinajstić information content (AvgIpc) is 2.48. The Labute approximate surface area is 132 Å². The first-order chi connectivity index (χ1) is 10.4. The third-order valence-electron chi connectivity index (χ3n) is 3.89. The molecular weight excluding hydrogens is 300 g/mol. The van der Waals surface area contributed by atoms with Crippen molar-refractivity contribution in [2.45, 2.75) is 49.5 Å². The van der Waals surface area contributed by atoms with E-state index in [1.54, 1.807) is 12.1 Å². The maximum absolute atomic E-state index is 11.2. The van der Waals surface area contributed by atoms with E-state index in [-0.39, 0.29) is 4.90 Å². The molecule has 1 aliphatic carbocycles. The molecule has 0 heterocycles. The van der Waals surface area contributed by atoms with Crippen molar-refractivity contribution >= 4 is 16.0 Å². The zero-order valence-electron chi connectivity index (χ0n) is 12.7. The van der Waals surface area contributed by atoms with Gasteiger partial charge < -0.3 is 11.1 Å². The van der Waals surface area contributed by atoms with Gasteiger partial charge in [0.2, 0.25) is 10.0 Å². The van der Waals surface area contributed by atoms with Crippen LogP contribution in [0.15, 0.2) is 34.2 Å². The summed E-state index contributed by atoms with van der Waals surface area (Å²) in [4.78, 5) is 4.45. The summed E-state index contributed by atoms with van der Waals surface area (Å²) in [7, 11) is -3.63. The number of nitrogens with zero attached hydrogens (tertiary/aromatic N) is 1. The topological polar surface area (TPSA) is 111 Å². The Kier molecular flexibility index (Phi) is 5.79. The Hall–Kier alpha value is -1.60. The second kappa shape index (κ2) is 7.60. The first-order valence-corrected chi connectivity index (χ1v) is 9.18. The van der Waals surface area contributed by atoms with Crippen molar-refractivity contribution in [2.24, 2.45) is 15.9 Å². The van der Waals surface area contributed by atoms with E-state index >= 15 is 0 Å². The number of primary sulfonamides is 1. The summed E-state index contributed by atoms with van der Waals surface area (Å²) in [5.41, 5.74) is 6.89. The minimum atomic E-state index is -3.63. The molecule has 2 rings (SSSR count). The quantitative estimate of drug-likeness (QED) is 0.556. The Bertz CT molecular complexity index is 605. The molecule has 0 saturated heterocycles. The second-order valence-corrected chi connectivity index (χ2v) is 7.25. The number of hydrogen-bond acceptors (Lipinski definition) is 3. The highest BCUT2D eigenvalue weighted by atomic mass is 32.2. The van der Waals surface area contributed by atoms with Crippen molar-refractivity contribution in [3.63, 3.8) is 0 Å². The van der Waals surface area contributed by atoms with E-state index in [0.29, 0.717) is 25.0 Å². The SMILES string of the molecule is NC(=NCCc1ccc(S(N)(=O)=O)cc1)NC1CCCCC1. The highest BCUT2D eigenvalue weighted by Gasteiger charge is 2.13. The lowest BCUT2D eigenvalue weighted by atomic mass is 9.96. The van der Waals surface area contributed by atoms with Gasteiger partial charge in [-0.3, -0.25) is 4.99 Å². The van der Waals surface area contributed by atoms with Gasteiger partial charge in [-0.1, -0.05) is 31.4 Å². The molecule has 0 radical (unpaired) electrons. The van der Waals surface area contributed by atoms with Crippen molar-refractivity contribution in [3.05, 3.63) is 29.8 Å². The van der Waals surface area contributed by atoms with E-state index < -0.39 is 10.0 Å². The fourth-order valence-corrected chi connectivity index (χ4v) is 3.17. The summed E-state index contributed by atoms with van der Waals surface area (Å²) >= 11 is 0. The van der Waals surface area contributed by atoms with Crippen LogP contribution in [-0.2, 0) is 16.4 Å². The third-order valence-corrected chi connectivity index (χ3v) is 4.82. The molecule has 122 valence electrons. The molecule has 0 aromatic heterocycles.